The van der Waals surface area contributed by atoms with E-state index in [4.69, 9.17) is 15.0 Å². The third-order valence-electron chi connectivity index (χ3n) is 5.87. The highest BCUT2D eigenvalue weighted by atomic mass is 16.5. The van der Waals surface area contributed by atoms with E-state index in [1.807, 2.05) is 24.3 Å². The first-order valence-corrected chi connectivity index (χ1v) is 10.6. The minimum absolute atomic E-state index is 0.207. The van der Waals surface area contributed by atoms with Crippen molar-refractivity contribution in [3.05, 3.63) is 35.4 Å². The molecular weight excluding hydrogens is 350 g/mol. The first-order valence-electron chi connectivity index (χ1n) is 10.6. The van der Waals surface area contributed by atoms with Crippen LogP contribution in [0.15, 0.2) is 29.3 Å². The Labute approximate surface area is 169 Å². The van der Waals surface area contributed by atoms with Crippen LogP contribution in [0.4, 0.5) is 0 Å². The van der Waals surface area contributed by atoms with Gasteiger partial charge in [-0.1, -0.05) is 31.4 Å². The molecule has 3 rings (SSSR count). The number of benzene rings is 1. The van der Waals surface area contributed by atoms with E-state index in [1.165, 1.54) is 32.1 Å². The molecule has 2 N–H and O–H groups in total. The number of rotatable bonds is 6. The van der Waals surface area contributed by atoms with Crippen molar-refractivity contribution in [2.45, 2.75) is 51.1 Å². The molecule has 2 fully saturated rings. The summed E-state index contributed by atoms with van der Waals surface area (Å²) in [5.41, 5.74) is 1.94. The Kier molecular flexibility index (Phi) is 7.70. The van der Waals surface area contributed by atoms with E-state index in [0.29, 0.717) is 12.1 Å². The van der Waals surface area contributed by atoms with Crippen LogP contribution in [0, 0.1) is 11.3 Å². The van der Waals surface area contributed by atoms with Crippen molar-refractivity contribution in [2.75, 3.05) is 39.4 Å². The SMILES string of the molecule is CCNC(=NCc1cccc(C#N)c1)NCC1(N2CCOCC2)CCCCC1. The molecule has 6 heteroatoms. The fourth-order valence-corrected chi connectivity index (χ4v) is 4.35. The van der Waals surface area contributed by atoms with E-state index in [-0.39, 0.29) is 5.54 Å². The van der Waals surface area contributed by atoms with Crippen molar-refractivity contribution in [3.63, 3.8) is 0 Å². The van der Waals surface area contributed by atoms with Crippen LogP contribution in [0.2, 0.25) is 0 Å². The van der Waals surface area contributed by atoms with Gasteiger partial charge in [0.2, 0.25) is 0 Å². The second kappa shape index (κ2) is 10.4. The van der Waals surface area contributed by atoms with Crippen LogP contribution >= 0.6 is 0 Å². The van der Waals surface area contributed by atoms with Crippen molar-refractivity contribution in [1.29, 1.82) is 5.26 Å². The predicted molar refractivity (Wildman–Crippen MR) is 112 cm³/mol. The Bertz CT molecular complexity index is 684. The van der Waals surface area contributed by atoms with Crippen molar-refractivity contribution in [2.24, 2.45) is 4.99 Å². The van der Waals surface area contributed by atoms with Crippen LogP contribution in [0.3, 0.4) is 0 Å². The maximum Gasteiger partial charge on any atom is 0.191 e. The molecule has 1 saturated heterocycles. The van der Waals surface area contributed by atoms with Gasteiger partial charge in [0.15, 0.2) is 5.96 Å². The molecule has 0 aromatic heterocycles. The van der Waals surface area contributed by atoms with Crippen molar-refractivity contribution >= 4 is 5.96 Å². The van der Waals surface area contributed by atoms with Gasteiger partial charge in [-0.25, -0.2) is 4.99 Å². The van der Waals surface area contributed by atoms with Gasteiger partial charge >= 0.3 is 0 Å². The topological polar surface area (TPSA) is 72.7 Å². The smallest absolute Gasteiger partial charge is 0.191 e. The Hall–Kier alpha value is -2.10. The first kappa shape index (κ1) is 20.6. The van der Waals surface area contributed by atoms with Crippen LogP contribution in [0.25, 0.3) is 0 Å². The summed E-state index contributed by atoms with van der Waals surface area (Å²) in [5, 5.41) is 16.1. The van der Waals surface area contributed by atoms with E-state index in [2.05, 4.69) is 28.5 Å². The second-order valence-electron chi connectivity index (χ2n) is 7.75. The molecule has 6 nitrogen and oxygen atoms in total. The lowest BCUT2D eigenvalue weighted by Gasteiger charge is -2.48. The van der Waals surface area contributed by atoms with Gasteiger partial charge in [0.05, 0.1) is 31.4 Å². The van der Waals surface area contributed by atoms with Crippen LogP contribution in [-0.4, -0.2) is 55.8 Å². The highest BCUT2D eigenvalue weighted by molar-refractivity contribution is 5.79. The third kappa shape index (κ3) is 5.46. The molecule has 1 heterocycles. The third-order valence-corrected chi connectivity index (χ3v) is 5.87. The zero-order chi connectivity index (χ0) is 19.7. The molecule has 0 bridgehead atoms. The molecule has 0 amide bonds. The average Bonchev–Trinajstić information content (AvgIpc) is 2.77. The summed E-state index contributed by atoms with van der Waals surface area (Å²) >= 11 is 0. The lowest BCUT2D eigenvalue weighted by Crippen LogP contribution is -2.60. The molecule has 28 heavy (non-hydrogen) atoms. The molecule has 1 saturated carbocycles. The zero-order valence-electron chi connectivity index (χ0n) is 17.0. The molecule has 1 aromatic rings. The number of nitrogens with zero attached hydrogens (tertiary/aromatic N) is 3. The quantitative estimate of drug-likeness (QED) is 0.584. The largest absolute Gasteiger partial charge is 0.379 e. The molecule has 1 aliphatic heterocycles. The monoisotopic (exact) mass is 383 g/mol. The van der Waals surface area contributed by atoms with Crippen molar-refractivity contribution < 1.29 is 4.74 Å². The Morgan fingerprint density at radius 1 is 1.21 bits per heavy atom. The van der Waals surface area contributed by atoms with Gasteiger partial charge in [0, 0.05) is 31.7 Å². The minimum atomic E-state index is 0.207. The number of morpholine rings is 1. The number of aliphatic imine (C=N–C) groups is 1. The molecule has 0 unspecified atom stereocenters. The van der Waals surface area contributed by atoms with Crippen LogP contribution in [-0.2, 0) is 11.3 Å². The van der Waals surface area contributed by atoms with Crippen LogP contribution < -0.4 is 10.6 Å². The maximum atomic E-state index is 9.08. The maximum absolute atomic E-state index is 9.08. The average molecular weight is 384 g/mol. The normalized spacial score (nSPS) is 20.4. The second-order valence-corrected chi connectivity index (χ2v) is 7.75. The predicted octanol–water partition coefficient (Wildman–Crippen LogP) is 2.65. The van der Waals surface area contributed by atoms with Crippen molar-refractivity contribution in [3.8, 4) is 6.07 Å². The highest BCUT2D eigenvalue weighted by Crippen LogP contribution is 2.33. The Morgan fingerprint density at radius 3 is 2.71 bits per heavy atom. The molecule has 0 radical (unpaired) electrons. The van der Waals surface area contributed by atoms with E-state index in [9.17, 15) is 0 Å². The van der Waals surface area contributed by atoms with E-state index < -0.39 is 0 Å². The number of ether oxygens (including phenoxy) is 1. The summed E-state index contributed by atoms with van der Waals surface area (Å²) in [5.74, 6) is 0.850. The van der Waals surface area contributed by atoms with Gasteiger partial charge < -0.3 is 15.4 Å². The van der Waals surface area contributed by atoms with Gasteiger partial charge in [-0.05, 0) is 37.5 Å². The summed E-state index contributed by atoms with van der Waals surface area (Å²) in [6, 6.07) is 9.86. The van der Waals surface area contributed by atoms with E-state index in [0.717, 1.165) is 50.9 Å². The lowest BCUT2D eigenvalue weighted by molar-refractivity contribution is -0.0352. The van der Waals surface area contributed by atoms with Gasteiger partial charge in [0.25, 0.3) is 0 Å². The van der Waals surface area contributed by atoms with Crippen LogP contribution in [0.5, 0.6) is 0 Å². The molecular formula is C22H33N5O. The molecule has 152 valence electrons. The standard InChI is InChI=1S/C22H33N5O/c1-2-24-21(25-17-20-8-6-7-19(15-20)16-23)26-18-22(9-4-3-5-10-22)27-11-13-28-14-12-27/h6-8,15H,2-5,9-14,17-18H2,1H3,(H2,24,25,26). The number of guanidine groups is 1. The number of hydrogen-bond acceptors (Lipinski definition) is 4. The van der Waals surface area contributed by atoms with Gasteiger partial charge in [-0.2, -0.15) is 5.26 Å². The number of nitrogens with one attached hydrogen (secondary N) is 2. The number of hydrogen-bond donors (Lipinski definition) is 2. The summed E-state index contributed by atoms with van der Waals surface area (Å²) in [6.45, 7) is 8.12. The minimum Gasteiger partial charge on any atom is -0.379 e. The summed E-state index contributed by atoms with van der Waals surface area (Å²) in [4.78, 5) is 7.40. The van der Waals surface area contributed by atoms with Crippen LogP contribution in [0.1, 0.15) is 50.2 Å². The molecule has 2 aliphatic rings. The Morgan fingerprint density at radius 2 is 2.00 bits per heavy atom. The zero-order valence-corrected chi connectivity index (χ0v) is 17.0. The molecule has 0 atom stereocenters. The summed E-state index contributed by atoms with van der Waals surface area (Å²) < 4.78 is 5.59. The summed E-state index contributed by atoms with van der Waals surface area (Å²) in [6.07, 6.45) is 6.42. The van der Waals surface area contributed by atoms with Gasteiger partial charge in [0.1, 0.15) is 0 Å². The molecule has 1 aromatic carbocycles. The van der Waals surface area contributed by atoms with Gasteiger partial charge in [-0.3, -0.25) is 4.90 Å². The van der Waals surface area contributed by atoms with E-state index >= 15 is 0 Å². The van der Waals surface area contributed by atoms with Crippen molar-refractivity contribution in [1.82, 2.24) is 15.5 Å². The molecule has 1 aliphatic carbocycles. The molecule has 0 spiro atoms. The fraction of sp³-hybridized carbons (Fsp3) is 0.636. The highest BCUT2D eigenvalue weighted by Gasteiger charge is 2.38. The van der Waals surface area contributed by atoms with E-state index in [1.54, 1.807) is 0 Å². The Balaban J connectivity index is 1.66. The lowest BCUT2D eigenvalue weighted by atomic mass is 9.80. The summed E-state index contributed by atoms with van der Waals surface area (Å²) in [7, 11) is 0. The van der Waals surface area contributed by atoms with Gasteiger partial charge in [-0.15, -0.1) is 0 Å². The first-order chi connectivity index (χ1) is 13.8. The number of nitriles is 1. The fourth-order valence-electron chi connectivity index (χ4n) is 4.35.